The van der Waals surface area contributed by atoms with Gasteiger partial charge in [0.2, 0.25) is 0 Å². The average molecular weight is 405 g/mol. The van der Waals surface area contributed by atoms with Crippen molar-refractivity contribution >= 4 is 52.4 Å². The summed E-state index contributed by atoms with van der Waals surface area (Å²) >= 11 is 23.5. The molecule has 2 heterocycles. The summed E-state index contributed by atoms with van der Waals surface area (Å²) < 4.78 is 6.64. The molecule has 0 fully saturated rings. The van der Waals surface area contributed by atoms with Crippen molar-refractivity contribution in [1.29, 1.82) is 0 Å². The third-order valence-corrected chi connectivity index (χ3v) is 4.52. The Balaban J connectivity index is 1.83. The number of rotatable bonds is 3. The molecule has 3 aromatic rings. The molecular weight excluding hydrogens is 400 g/mol. The molecule has 0 radical (unpaired) electrons. The highest BCUT2D eigenvalue weighted by Crippen LogP contribution is 2.36. The van der Waals surface area contributed by atoms with Gasteiger partial charge in [-0.05, 0) is 34.7 Å². The van der Waals surface area contributed by atoms with E-state index in [2.05, 4.69) is 20.5 Å². The quantitative estimate of drug-likeness (QED) is 0.374. The number of nitrogens with zero attached hydrogens (tertiary/aromatic N) is 5. The number of ether oxygens (including phenoxy) is 1. The number of aromatic nitrogens is 5. The Morgan fingerprint density at radius 2 is 1.71 bits per heavy atom. The Bertz CT molecular complexity index is 900. The summed E-state index contributed by atoms with van der Waals surface area (Å²) in [4.78, 5) is 16.0. The van der Waals surface area contributed by atoms with Gasteiger partial charge in [-0.1, -0.05) is 46.4 Å². The highest BCUT2D eigenvalue weighted by Gasteiger charge is 2.22. The monoisotopic (exact) mass is 403 g/mol. The number of hydrogen-bond donors (Lipinski definition) is 0. The van der Waals surface area contributed by atoms with Crippen LogP contribution in [0.3, 0.4) is 0 Å². The van der Waals surface area contributed by atoms with E-state index in [0.29, 0.717) is 5.69 Å². The van der Waals surface area contributed by atoms with Gasteiger partial charge in [0.15, 0.2) is 5.69 Å². The first-order valence-electron chi connectivity index (χ1n) is 6.23. The van der Waals surface area contributed by atoms with Crippen molar-refractivity contribution < 1.29 is 9.53 Å². The van der Waals surface area contributed by atoms with Crippen LogP contribution in [0.4, 0.5) is 0 Å². The predicted octanol–water partition coefficient (Wildman–Crippen LogP) is 3.89. The number of carbonyl (C=O) groups excluding carboxylic acids is 1. The smallest absolute Gasteiger partial charge is 0.364 e. The van der Waals surface area contributed by atoms with Crippen molar-refractivity contribution in [2.45, 2.75) is 0 Å². The van der Waals surface area contributed by atoms with E-state index in [1.54, 1.807) is 24.3 Å². The Morgan fingerprint density at radius 3 is 2.33 bits per heavy atom. The number of hydrogen-bond acceptors (Lipinski definition) is 6. The van der Waals surface area contributed by atoms with Gasteiger partial charge >= 0.3 is 5.97 Å². The van der Waals surface area contributed by atoms with Gasteiger partial charge in [-0.3, -0.25) is 0 Å². The van der Waals surface area contributed by atoms with Crippen molar-refractivity contribution in [3.63, 3.8) is 0 Å². The van der Waals surface area contributed by atoms with E-state index in [1.165, 1.54) is 11.0 Å². The second kappa shape index (κ2) is 6.90. The van der Waals surface area contributed by atoms with Crippen molar-refractivity contribution in [2.75, 3.05) is 0 Å². The van der Waals surface area contributed by atoms with Gasteiger partial charge in [0.1, 0.15) is 17.2 Å². The van der Waals surface area contributed by atoms with Crippen LogP contribution < -0.4 is 4.74 Å². The minimum atomic E-state index is -0.823. The third kappa shape index (κ3) is 3.29. The molecule has 0 aliphatic carbocycles. The first-order valence-corrected chi connectivity index (χ1v) is 7.74. The molecule has 0 saturated carbocycles. The molecule has 11 heteroatoms. The Labute approximate surface area is 155 Å². The number of pyridine rings is 1. The lowest BCUT2D eigenvalue weighted by atomic mass is 10.3. The summed E-state index contributed by atoms with van der Waals surface area (Å²) in [5.74, 6) is -0.562. The number of tetrazole rings is 1. The van der Waals surface area contributed by atoms with Crippen molar-refractivity contribution in [2.24, 2.45) is 0 Å². The van der Waals surface area contributed by atoms with Gasteiger partial charge in [-0.15, -0.1) is 5.10 Å². The van der Waals surface area contributed by atoms with Crippen LogP contribution in [0, 0.1) is 0 Å². The second-order valence-corrected chi connectivity index (χ2v) is 5.82. The van der Waals surface area contributed by atoms with Gasteiger partial charge in [0.25, 0.3) is 0 Å². The lowest BCUT2D eigenvalue weighted by Crippen LogP contribution is -2.12. The molecule has 0 N–H and O–H groups in total. The summed E-state index contributed by atoms with van der Waals surface area (Å²) in [5, 5.41) is 10.4. The molecule has 24 heavy (non-hydrogen) atoms. The van der Waals surface area contributed by atoms with Gasteiger partial charge in [0, 0.05) is 0 Å². The van der Waals surface area contributed by atoms with Gasteiger partial charge in [-0.2, -0.15) is 0 Å². The largest absolute Gasteiger partial charge is 0.422 e. The molecule has 3 rings (SSSR count). The summed E-state index contributed by atoms with van der Waals surface area (Å²) in [6.45, 7) is 0. The fourth-order valence-electron chi connectivity index (χ4n) is 1.72. The molecular formula is C13H5Cl4N5O2. The molecule has 0 bridgehead atoms. The van der Waals surface area contributed by atoms with Crippen LogP contribution in [-0.2, 0) is 0 Å². The van der Waals surface area contributed by atoms with Crippen LogP contribution in [0.5, 0.6) is 5.75 Å². The normalized spacial score (nSPS) is 10.7. The minimum absolute atomic E-state index is 0.0364. The first-order chi connectivity index (χ1) is 11.5. The van der Waals surface area contributed by atoms with Gasteiger partial charge in [-0.25, -0.2) is 14.5 Å². The standard InChI is InChI=1S/C13H5Cl4N5O2/c14-8-9(15)11(19-12(17)10(8)16)13(23)24-7-3-1-6(2-4-7)22-5-18-20-21-22/h1-5H. The zero-order valence-electron chi connectivity index (χ0n) is 11.5. The Hall–Kier alpha value is -1.93. The number of carbonyl (C=O) groups is 1. The molecule has 0 amide bonds. The zero-order valence-corrected chi connectivity index (χ0v) is 14.5. The highest BCUT2D eigenvalue weighted by atomic mass is 35.5. The van der Waals surface area contributed by atoms with Crippen LogP contribution in [0.2, 0.25) is 20.2 Å². The molecule has 0 unspecified atom stereocenters. The van der Waals surface area contributed by atoms with E-state index in [-0.39, 0.29) is 31.7 Å². The maximum atomic E-state index is 12.2. The maximum absolute atomic E-state index is 12.2. The number of benzene rings is 1. The molecule has 0 atom stereocenters. The third-order valence-electron chi connectivity index (χ3n) is 2.84. The van der Waals surface area contributed by atoms with E-state index in [4.69, 9.17) is 51.1 Å². The summed E-state index contributed by atoms with van der Waals surface area (Å²) in [6, 6.07) is 6.44. The number of esters is 1. The van der Waals surface area contributed by atoms with Crippen LogP contribution in [0.25, 0.3) is 5.69 Å². The molecule has 0 aliphatic rings. The van der Waals surface area contributed by atoms with E-state index in [0.717, 1.165) is 0 Å². The van der Waals surface area contributed by atoms with E-state index in [1.807, 2.05) is 0 Å². The van der Waals surface area contributed by atoms with E-state index >= 15 is 0 Å². The number of halogens is 4. The lowest BCUT2D eigenvalue weighted by Gasteiger charge is -2.08. The van der Waals surface area contributed by atoms with E-state index in [9.17, 15) is 4.79 Å². The molecule has 0 saturated heterocycles. The molecule has 0 aliphatic heterocycles. The summed E-state index contributed by atoms with van der Waals surface area (Å²) in [7, 11) is 0. The average Bonchev–Trinajstić information content (AvgIpc) is 3.11. The first kappa shape index (κ1) is 16.9. The molecule has 0 spiro atoms. The van der Waals surface area contributed by atoms with Crippen LogP contribution in [0.15, 0.2) is 30.6 Å². The molecule has 7 nitrogen and oxygen atoms in total. The molecule has 1 aromatic carbocycles. The summed E-state index contributed by atoms with van der Waals surface area (Å²) in [5.41, 5.74) is 0.453. The van der Waals surface area contributed by atoms with Gasteiger partial charge < -0.3 is 4.74 Å². The van der Waals surface area contributed by atoms with Crippen LogP contribution in [0.1, 0.15) is 10.5 Å². The molecule has 122 valence electrons. The van der Waals surface area contributed by atoms with Crippen molar-refractivity contribution in [3.05, 3.63) is 56.5 Å². The van der Waals surface area contributed by atoms with E-state index < -0.39 is 5.97 Å². The maximum Gasteiger partial charge on any atom is 0.364 e. The van der Waals surface area contributed by atoms with Crippen LogP contribution in [-0.4, -0.2) is 31.2 Å². The fraction of sp³-hybridized carbons (Fsp3) is 0. The van der Waals surface area contributed by atoms with Crippen LogP contribution >= 0.6 is 46.4 Å². The van der Waals surface area contributed by atoms with Crippen molar-refractivity contribution in [1.82, 2.24) is 25.2 Å². The highest BCUT2D eigenvalue weighted by molar-refractivity contribution is 6.52. The SMILES string of the molecule is O=C(Oc1ccc(-n2cnnn2)cc1)c1nc(Cl)c(Cl)c(Cl)c1Cl. The Morgan fingerprint density at radius 1 is 1.00 bits per heavy atom. The molecule has 2 aromatic heterocycles. The lowest BCUT2D eigenvalue weighted by molar-refractivity contribution is 0.0729. The fourth-order valence-corrected chi connectivity index (χ4v) is 2.53. The minimum Gasteiger partial charge on any atom is -0.422 e. The summed E-state index contributed by atoms with van der Waals surface area (Å²) in [6.07, 6.45) is 1.43. The zero-order chi connectivity index (χ0) is 17.3. The topological polar surface area (TPSA) is 82.8 Å². The predicted molar refractivity (Wildman–Crippen MR) is 88.4 cm³/mol. The van der Waals surface area contributed by atoms with Crippen molar-refractivity contribution in [3.8, 4) is 11.4 Å². The van der Waals surface area contributed by atoms with Gasteiger partial charge in [0.05, 0.1) is 20.8 Å². The Kier molecular flexibility index (Phi) is 4.86. The second-order valence-electron chi connectivity index (χ2n) is 4.33.